The van der Waals surface area contributed by atoms with Crippen molar-refractivity contribution in [2.24, 2.45) is 0 Å². The molecule has 0 fully saturated rings. The van der Waals surface area contributed by atoms with Gasteiger partial charge in [-0.15, -0.1) is 0 Å². The van der Waals surface area contributed by atoms with E-state index >= 15 is 0 Å². The zero-order chi connectivity index (χ0) is 25.0. The van der Waals surface area contributed by atoms with E-state index in [1.165, 1.54) is 13.8 Å². The normalized spacial score (nSPS) is 8.06. The summed E-state index contributed by atoms with van der Waals surface area (Å²) >= 11 is 0. The predicted octanol–water partition coefficient (Wildman–Crippen LogP) is 2.03. The lowest BCUT2D eigenvalue weighted by Gasteiger charge is -2.06. The van der Waals surface area contributed by atoms with Crippen LogP contribution in [-0.2, 0) is 47.7 Å². The second-order valence-corrected chi connectivity index (χ2v) is 5.12. The zero-order valence-electron chi connectivity index (χ0n) is 17.5. The van der Waals surface area contributed by atoms with Gasteiger partial charge in [-0.2, -0.15) is 9.59 Å². The average Bonchev–Trinajstić information content (AvgIpc) is 2.72. The van der Waals surface area contributed by atoms with E-state index < -0.39 is 37.5 Å². The summed E-state index contributed by atoms with van der Waals surface area (Å²) in [7, 11) is 0. The van der Waals surface area contributed by atoms with Crippen molar-refractivity contribution in [2.75, 3.05) is 13.6 Å². The Kier molecular flexibility index (Phi) is 19.3. The molecule has 0 bridgehead atoms. The summed E-state index contributed by atoms with van der Waals surface area (Å²) in [6.45, 7) is 23.5. The van der Waals surface area contributed by atoms with Crippen LogP contribution in [0.5, 0.6) is 0 Å². The second-order valence-electron chi connectivity index (χ2n) is 5.12. The maximum atomic E-state index is 11.0. The van der Waals surface area contributed by atoms with Gasteiger partial charge in [0.25, 0.3) is 5.70 Å². The molecule has 0 aromatic carbocycles. The van der Waals surface area contributed by atoms with E-state index in [1.807, 2.05) is 0 Å². The molecule has 11 nitrogen and oxygen atoms in total. The van der Waals surface area contributed by atoms with Crippen LogP contribution < -0.4 is 0 Å². The van der Waals surface area contributed by atoms with Crippen LogP contribution in [-0.4, -0.2) is 43.6 Å². The second kappa shape index (κ2) is 19.0. The van der Waals surface area contributed by atoms with Gasteiger partial charge in [0, 0.05) is 16.7 Å². The molecular weight excluding hydrogens is 414 g/mol. The van der Waals surface area contributed by atoms with E-state index in [0.717, 1.165) is 0 Å². The van der Waals surface area contributed by atoms with Crippen molar-refractivity contribution >= 4 is 30.0 Å². The number of nitrogens with zero attached hydrogens (tertiary/aromatic N) is 1. The lowest BCUT2D eigenvalue weighted by atomic mass is 10.2. The molecule has 168 valence electrons. The van der Waals surface area contributed by atoms with Crippen molar-refractivity contribution in [1.29, 1.82) is 0 Å². The highest BCUT2D eigenvalue weighted by atomic mass is 16.7. The van der Waals surface area contributed by atoms with Crippen molar-refractivity contribution in [2.45, 2.75) is 27.2 Å². The Morgan fingerprint density at radius 3 is 1.39 bits per heavy atom. The molecule has 0 unspecified atom stereocenters. The summed E-state index contributed by atoms with van der Waals surface area (Å²) in [5.74, 6) is -2.71. The van der Waals surface area contributed by atoms with Gasteiger partial charge in [-0.05, 0) is 20.3 Å². The highest BCUT2D eigenvalue weighted by molar-refractivity contribution is 5.90. The number of hydrogen-bond acceptors (Lipinski definition) is 10. The maximum absolute atomic E-state index is 11.0. The molecular formula is C20H23NO10. The Labute approximate surface area is 179 Å². The largest absolute Gasteiger partial charge is 0.433 e. The average molecular weight is 437 g/mol. The van der Waals surface area contributed by atoms with Crippen LogP contribution in [0.15, 0.2) is 48.7 Å². The Hall–Kier alpha value is -4.29. The van der Waals surface area contributed by atoms with Gasteiger partial charge in [-0.25, -0.2) is 19.2 Å². The van der Waals surface area contributed by atoms with Crippen molar-refractivity contribution in [3.8, 4) is 0 Å². The van der Waals surface area contributed by atoms with Crippen LogP contribution in [0, 0.1) is 6.57 Å². The summed E-state index contributed by atoms with van der Waals surface area (Å²) < 4.78 is 18.0. The first kappa shape index (κ1) is 31.4. The summed E-state index contributed by atoms with van der Waals surface area (Å²) in [4.78, 5) is 62.4. The molecule has 0 aliphatic rings. The highest BCUT2D eigenvalue weighted by Gasteiger charge is 2.10. The molecule has 0 amide bonds. The van der Waals surface area contributed by atoms with Crippen LogP contribution in [0.1, 0.15) is 27.2 Å². The van der Waals surface area contributed by atoms with Gasteiger partial charge < -0.3 is 18.9 Å². The fourth-order valence-electron chi connectivity index (χ4n) is 0.895. The smallest absolute Gasteiger partial charge is 0.373 e. The highest BCUT2D eigenvalue weighted by Crippen LogP contribution is 2.00. The minimum Gasteiger partial charge on any atom is -0.433 e. The molecule has 0 atom stereocenters. The van der Waals surface area contributed by atoms with Gasteiger partial charge in [0.2, 0.25) is 13.6 Å². The Bertz CT molecular complexity index is 795. The van der Waals surface area contributed by atoms with Crippen molar-refractivity contribution in [3.63, 3.8) is 0 Å². The Morgan fingerprint density at radius 1 is 0.774 bits per heavy atom. The van der Waals surface area contributed by atoms with Crippen LogP contribution in [0.4, 0.5) is 0 Å². The topological polar surface area (TPSA) is 144 Å². The molecule has 0 aromatic heterocycles. The molecule has 0 N–H and O–H groups in total. The molecule has 0 heterocycles. The van der Waals surface area contributed by atoms with Gasteiger partial charge in [0.1, 0.15) is 0 Å². The summed E-state index contributed by atoms with van der Waals surface area (Å²) in [6.07, 6.45) is 0.757. The number of hydrogen-bond donors (Lipinski definition) is 0. The number of rotatable bonds is 9. The van der Waals surface area contributed by atoms with E-state index in [-0.39, 0.29) is 23.0 Å². The maximum Gasteiger partial charge on any atom is 0.373 e. The van der Waals surface area contributed by atoms with Gasteiger partial charge in [0.05, 0.1) is 6.57 Å². The lowest BCUT2D eigenvalue weighted by molar-refractivity contribution is -0.192. The standard InChI is InChI=1S/C10H14O4.C9H9NO4.CO2/c1-5-8(4)10(12)14-6-13-9(11)7(2)3;1-6(2)8(11)13-5-14-9(12)7(3)10-4;2-1-3/h2,4-6H2,1,3H3;1,3,5H2,2H3;. The fourth-order valence-corrected chi connectivity index (χ4v) is 0.895. The predicted molar refractivity (Wildman–Crippen MR) is 104 cm³/mol. The van der Waals surface area contributed by atoms with Crippen molar-refractivity contribution in [1.82, 2.24) is 0 Å². The first-order valence-electron chi connectivity index (χ1n) is 8.12. The van der Waals surface area contributed by atoms with Crippen LogP contribution >= 0.6 is 0 Å². The fraction of sp³-hybridized carbons (Fsp3) is 0.300. The van der Waals surface area contributed by atoms with Crippen LogP contribution in [0.25, 0.3) is 4.85 Å². The molecule has 31 heavy (non-hydrogen) atoms. The number of esters is 4. The SMILES string of the molecule is C=C(C)C(=O)OCOC(=O)C(=C)CC.O=C=O.[C-]#[N+]C(=C)C(=O)OCOC(=O)C(=C)C. The van der Waals surface area contributed by atoms with Crippen LogP contribution in [0.3, 0.4) is 0 Å². The summed E-state index contributed by atoms with van der Waals surface area (Å²) in [5, 5.41) is 0. The minimum absolute atomic E-state index is 0.199. The third-order valence-corrected chi connectivity index (χ3v) is 2.54. The molecule has 0 spiro atoms. The Balaban J connectivity index is -0.000000448. The molecule has 0 radical (unpaired) electrons. The van der Waals surface area contributed by atoms with E-state index in [4.69, 9.17) is 16.2 Å². The molecule has 11 heteroatoms. The first-order chi connectivity index (χ1) is 14.4. The first-order valence-corrected chi connectivity index (χ1v) is 8.12. The zero-order valence-corrected chi connectivity index (χ0v) is 17.5. The summed E-state index contributed by atoms with van der Waals surface area (Å²) in [6, 6.07) is 0. The quantitative estimate of drug-likeness (QED) is 0.227. The lowest BCUT2D eigenvalue weighted by Crippen LogP contribution is -2.13. The molecule has 0 aliphatic heterocycles. The molecule has 0 saturated heterocycles. The third-order valence-electron chi connectivity index (χ3n) is 2.54. The summed E-state index contributed by atoms with van der Waals surface area (Å²) in [5.41, 5.74) is 0.438. The molecule has 0 rings (SSSR count). The van der Waals surface area contributed by atoms with Gasteiger partial charge in [-0.3, -0.25) is 4.79 Å². The molecule has 0 aliphatic carbocycles. The number of carbonyl (C=O) groups is 4. The van der Waals surface area contributed by atoms with Crippen LogP contribution in [0.2, 0.25) is 0 Å². The van der Waals surface area contributed by atoms with Crippen molar-refractivity contribution in [3.05, 3.63) is 60.1 Å². The van der Waals surface area contributed by atoms with Gasteiger partial charge >= 0.3 is 30.0 Å². The van der Waals surface area contributed by atoms with Gasteiger partial charge in [-0.1, -0.05) is 33.2 Å². The van der Waals surface area contributed by atoms with E-state index in [1.54, 1.807) is 6.92 Å². The van der Waals surface area contributed by atoms with E-state index in [9.17, 15) is 19.2 Å². The molecule has 0 saturated carbocycles. The van der Waals surface area contributed by atoms with Gasteiger partial charge in [0.15, 0.2) is 0 Å². The third kappa shape index (κ3) is 18.8. The van der Waals surface area contributed by atoms with E-state index in [0.29, 0.717) is 12.0 Å². The number of ether oxygens (including phenoxy) is 4. The van der Waals surface area contributed by atoms with E-state index in [2.05, 4.69) is 50.1 Å². The minimum atomic E-state index is -0.908. The Morgan fingerprint density at radius 2 is 1.10 bits per heavy atom. The monoisotopic (exact) mass is 437 g/mol. The number of carbonyl (C=O) groups excluding carboxylic acids is 6. The molecule has 0 aromatic rings. The van der Waals surface area contributed by atoms with Crippen molar-refractivity contribution < 1.29 is 47.7 Å².